The molecule has 8 nitrogen and oxygen atoms in total. The lowest BCUT2D eigenvalue weighted by Gasteiger charge is -2.40. The van der Waals surface area contributed by atoms with Crippen molar-refractivity contribution in [3.63, 3.8) is 0 Å². The van der Waals surface area contributed by atoms with Crippen molar-refractivity contribution in [2.24, 2.45) is 0 Å². The van der Waals surface area contributed by atoms with E-state index in [9.17, 15) is 18.0 Å². The quantitative estimate of drug-likeness (QED) is 0.647. The molecule has 2 heterocycles. The van der Waals surface area contributed by atoms with Crippen LogP contribution < -0.4 is 0 Å². The van der Waals surface area contributed by atoms with Gasteiger partial charge in [0.05, 0.1) is 19.4 Å². The lowest BCUT2D eigenvalue weighted by Crippen LogP contribution is -2.60. The number of carbonyl (C=O) groups excluding carboxylic acids is 2. The van der Waals surface area contributed by atoms with Crippen molar-refractivity contribution in [1.82, 2.24) is 14.1 Å². The molecule has 0 aromatic heterocycles. The Kier molecular flexibility index (Phi) is 5.32. The number of hydrogen-bond donors (Lipinski definition) is 0. The van der Waals surface area contributed by atoms with Crippen molar-refractivity contribution in [2.75, 3.05) is 52.1 Å². The van der Waals surface area contributed by atoms with Gasteiger partial charge in [-0.1, -0.05) is 0 Å². The van der Waals surface area contributed by atoms with E-state index in [1.54, 1.807) is 16.7 Å². The molecule has 0 N–H and O–H groups in total. The van der Waals surface area contributed by atoms with E-state index in [1.807, 2.05) is 0 Å². The summed E-state index contributed by atoms with van der Waals surface area (Å²) >= 11 is 0. The van der Waals surface area contributed by atoms with Crippen LogP contribution in [0.3, 0.4) is 0 Å². The normalized spacial score (nSPS) is 27.6. The van der Waals surface area contributed by atoms with Gasteiger partial charge in [-0.15, -0.1) is 0 Å². The van der Waals surface area contributed by atoms with E-state index in [2.05, 4.69) is 0 Å². The zero-order chi connectivity index (χ0) is 17.3. The van der Waals surface area contributed by atoms with Gasteiger partial charge >= 0.3 is 0 Å². The fourth-order valence-electron chi connectivity index (χ4n) is 3.02. The van der Waals surface area contributed by atoms with Gasteiger partial charge in [-0.05, 0) is 13.3 Å². The molecule has 2 fully saturated rings. The summed E-state index contributed by atoms with van der Waals surface area (Å²) in [5.74, 6) is -0.209. The lowest BCUT2D eigenvalue weighted by molar-refractivity contribution is -0.163. The molecule has 0 aliphatic carbocycles. The van der Waals surface area contributed by atoms with Crippen LogP contribution >= 0.6 is 0 Å². The highest BCUT2D eigenvalue weighted by Gasteiger charge is 2.44. The van der Waals surface area contributed by atoms with Crippen LogP contribution in [0.15, 0.2) is 0 Å². The number of rotatable bonds is 2. The van der Waals surface area contributed by atoms with Gasteiger partial charge in [0.2, 0.25) is 15.9 Å². The third-order valence-electron chi connectivity index (χ3n) is 4.39. The molecule has 2 amide bonds. The van der Waals surface area contributed by atoms with Crippen LogP contribution in [0.25, 0.3) is 0 Å². The summed E-state index contributed by atoms with van der Waals surface area (Å²) in [7, 11) is -3.36. The second-order valence-corrected chi connectivity index (χ2v) is 8.31. The number of carbonyl (C=O) groups is 2. The van der Waals surface area contributed by atoms with Crippen molar-refractivity contribution in [3.05, 3.63) is 0 Å². The van der Waals surface area contributed by atoms with Crippen LogP contribution in [0.4, 0.5) is 0 Å². The minimum Gasteiger partial charge on any atom is -0.363 e. The Hall–Kier alpha value is -1.19. The predicted molar refractivity (Wildman–Crippen MR) is 84.2 cm³/mol. The fraction of sp³-hybridized carbons (Fsp3) is 0.857. The van der Waals surface area contributed by atoms with Gasteiger partial charge in [0, 0.05) is 39.6 Å². The standard InChI is InChI=1S/C14H25N3O5S/c1-12(18)15-5-4-6-16(8-7-15)13(19)14(2)11-17(9-10-22-14)23(3,20)21/h4-11H2,1-3H3/t14-/m1/s1. The first-order valence-corrected chi connectivity index (χ1v) is 9.62. The number of morpholine rings is 1. The summed E-state index contributed by atoms with van der Waals surface area (Å²) < 4.78 is 30.4. The Morgan fingerprint density at radius 1 is 1.04 bits per heavy atom. The Balaban J connectivity index is 2.08. The first kappa shape index (κ1) is 18.2. The molecule has 2 saturated heterocycles. The fourth-order valence-corrected chi connectivity index (χ4v) is 3.90. The van der Waals surface area contributed by atoms with Crippen molar-refractivity contribution in [1.29, 1.82) is 0 Å². The van der Waals surface area contributed by atoms with E-state index in [-0.39, 0.29) is 31.5 Å². The summed E-state index contributed by atoms with van der Waals surface area (Å²) in [6.45, 7) is 5.75. The summed E-state index contributed by atoms with van der Waals surface area (Å²) in [4.78, 5) is 27.7. The largest absolute Gasteiger partial charge is 0.363 e. The van der Waals surface area contributed by atoms with Gasteiger partial charge in [0.15, 0.2) is 5.60 Å². The maximum absolute atomic E-state index is 12.9. The number of hydrogen-bond acceptors (Lipinski definition) is 5. The SMILES string of the molecule is CC(=O)N1CCCN(C(=O)[C@@]2(C)CN(S(C)(=O)=O)CCO2)CC1. The molecule has 1 atom stereocenters. The zero-order valence-electron chi connectivity index (χ0n) is 13.9. The van der Waals surface area contributed by atoms with E-state index >= 15 is 0 Å². The van der Waals surface area contributed by atoms with Crippen LogP contribution in [0.5, 0.6) is 0 Å². The first-order chi connectivity index (χ1) is 10.6. The molecular weight excluding hydrogens is 322 g/mol. The maximum Gasteiger partial charge on any atom is 0.255 e. The molecule has 2 rings (SSSR count). The number of sulfonamides is 1. The summed E-state index contributed by atoms with van der Waals surface area (Å²) in [5, 5.41) is 0. The Morgan fingerprint density at radius 3 is 2.26 bits per heavy atom. The predicted octanol–water partition coefficient (Wildman–Crippen LogP) is -0.882. The van der Waals surface area contributed by atoms with Crippen molar-refractivity contribution < 1.29 is 22.7 Å². The number of ether oxygens (including phenoxy) is 1. The van der Waals surface area contributed by atoms with Gasteiger partial charge < -0.3 is 14.5 Å². The van der Waals surface area contributed by atoms with E-state index in [1.165, 1.54) is 11.2 Å². The average molecular weight is 347 g/mol. The van der Waals surface area contributed by atoms with Gasteiger partial charge in [-0.25, -0.2) is 8.42 Å². The highest BCUT2D eigenvalue weighted by molar-refractivity contribution is 7.88. The Morgan fingerprint density at radius 2 is 1.65 bits per heavy atom. The van der Waals surface area contributed by atoms with Crippen molar-refractivity contribution >= 4 is 21.8 Å². The molecule has 2 aliphatic rings. The minimum absolute atomic E-state index is 0.00248. The smallest absolute Gasteiger partial charge is 0.255 e. The van der Waals surface area contributed by atoms with E-state index in [0.717, 1.165) is 6.26 Å². The number of nitrogens with zero attached hydrogens (tertiary/aromatic N) is 3. The molecule has 0 aromatic carbocycles. The highest BCUT2D eigenvalue weighted by atomic mass is 32.2. The second-order valence-electron chi connectivity index (χ2n) is 6.33. The number of amides is 2. The molecule has 0 unspecified atom stereocenters. The maximum atomic E-state index is 12.9. The average Bonchev–Trinajstić information content (AvgIpc) is 2.71. The van der Waals surface area contributed by atoms with Crippen molar-refractivity contribution in [2.45, 2.75) is 25.9 Å². The topological polar surface area (TPSA) is 87.2 Å². The molecule has 0 radical (unpaired) electrons. The van der Waals surface area contributed by atoms with Gasteiger partial charge in [0.1, 0.15) is 0 Å². The summed E-state index contributed by atoms with van der Waals surface area (Å²) in [5.41, 5.74) is -1.17. The Bertz CT molecular complexity index is 579. The van der Waals surface area contributed by atoms with Crippen LogP contribution in [0, 0.1) is 0 Å². The van der Waals surface area contributed by atoms with E-state index in [4.69, 9.17) is 4.74 Å². The minimum atomic E-state index is -3.36. The Labute approximate surface area is 137 Å². The summed E-state index contributed by atoms with van der Waals surface area (Å²) in [6, 6.07) is 0. The molecule has 2 aliphatic heterocycles. The molecule has 132 valence electrons. The molecular formula is C14H25N3O5S. The van der Waals surface area contributed by atoms with Crippen LogP contribution in [0.1, 0.15) is 20.3 Å². The van der Waals surface area contributed by atoms with Crippen LogP contribution in [-0.4, -0.2) is 92.1 Å². The van der Waals surface area contributed by atoms with Crippen molar-refractivity contribution in [3.8, 4) is 0 Å². The van der Waals surface area contributed by atoms with Crippen LogP contribution in [0.2, 0.25) is 0 Å². The molecule has 0 saturated carbocycles. The zero-order valence-corrected chi connectivity index (χ0v) is 14.8. The first-order valence-electron chi connectivity index (χ1n) is 7.77. The van der Waals surface area contributed by atoms with Crippen LogP contribution in [-0.2, 0) is 24.3 Å². The van der Waals surface area contributed by atoms with E-state index in [0.29, 0.717) is 32.6 Å². The molecule has 9 heteroatoms. The highest BCUT2D eigenvalue weighted by Crippen LogP contribution is 2.23. The second kappa shape index (κ2) is 6.74. The van der Waals surface area contributed by atoms with Gasteiger partial charge in [-0.3, -0.25) is 9.59 Å². The van der Waals surface area contributed by atoms with E-state index < -0.39 is 15.6 Å². The third kappa shape index (κ3) is 4.21. The summed E-state index contributed by atoms with van der Waals surface area (Å²) in [6.07, 6.45) is 1.84. The monoisotopic (exact) mass is 347 g/mol. The van der Waals surface area contributed by atoms with Gasteiger partial charge in [-0.2, -0.15) is 4.31 Å². The molecule has 23 heavy (non-hydrogen) atoms. The lowest BCUT2D eigenvalue weighted by atomic mass is 10.0. The van der Waals surface area contributed by atoms with Gasteiger partial charge in [0.25, 0.3) is 5.91 Å². The molecule has 0 spiro atoms. The molecule has 0 bridgehead atoms. The third-order valence-corrected chi connectivity index (χ3v) is 5.64. The molecule has 0 aromatic rings.